The Balaban J connectivity index is 2.20. The van der Waals surface area contributed by atoms with Crippen LogP contribution < -0.4 is 10.6 Å². The van der Waals surface area contributed by atoms with Crippen molar-refractivity contribution >= 4 is 16.5 Å². The van der Waals surface area contributed by atoms with E-state index in [0.29, 0.717) is 5.41 Å². The molecule has 0 radical (unpaired) electrons. The number of nitrogens with zero attached hydrogens (tertiary/aromatic N) is 2. The Hall–Kier alpha value is -0.610. The zero-order valence-electron chi connectivity index (χ0n) is 11.3. The van der Waals surface area contributed by atoms with Gasteiger partial charge in [0.05, 0.1) is 5.69 Å². The molecule has 0 amide bonds. The molecule has 2 N–H and O–H groups in total. The third kappa shape index (κ3) is 2.80. The quantitative estimate of drug-likeness (QED) is 0.880. The largest absolute Gasteiger partial charge is 0.348 e. The Bertz CT molecular complexity index is 395. The smallest absolute Gasteiger partial charge is 0.185 e. The van der Waals surface area contributed by atoms with Crippen LogP contribution in [0.1, 0.15) is 50.2 Å². The predicted octanol–water partition coefficient (Wildman–Crippen LogP) is 3.10. The fourth-order valence-electron chi connectivity index (χ4n) is 2.54. The van der Waals surface area contributed by atoms with Crippen LogP contribution in [0.5, 0.6) is 0 Å². The highest BCUT2D eigenvalue weighted by Crippen LogP contribution is 2.35. The van der Waals surface area contributed by atoms with E-state index >= 15 is 0 Å². The Kier molecular flexibility index (Phi) is 3.46. The van der Waals surface area contributed by atoms with Crippen LogP contribution in [0.3, 0.4) is 0 Å². The molecule has 0 aromatic carbocycles. The summed E-state index contributed by atoms with van der Waals surface area (Å²) in [6.45, 7) is 11.0. The molecule has 17 heavy (non-hydrogen) atoms. The zero-order valence-corrected chi connectivity index (χ0v) is 12.1. The van der Waals surface area contributed by atoms with Crippen molar-refractivity contribution in [2.45, 2.75) is 46.6 Å². The van der Waals surface area contributed by atoms with Crippen molar-refractivity contribution < 1.29 is 0 Å². The molecule has 1 aromatic rings. The summed E-state index contributed by atoms with van der Waals surface area (Å²) in [7, 11) is 0. The minimum atomic E-state index is 0.0963. The second-order valence-corrected chi connectivity index (χ2v) is 6.93. The lowest BCUT2D eigenvalue weighted by Crippen LogP contribution is -2.40. The number of thiazole rings is 1. The van der Waals surface area contributed by atoms with Crippen LogP contribution >= 0.6 is 11.3 Å². The highest BCUT2D eigenvalue weighted by atomic mass is 32.1. The molecule has 1 fully saturated rings. The molecule has 1 aromatic heterocycles. The molecule has 2 heterocycles. The van der Waals surface area contributed by atoms with E-state index in [0.717, 1.165) is 23.9 Å². The molecule has 0 bridgehead atoms. The summed E-state index contributed by atoms with van der Waals surface area (Å²) in [6.07, 6.45) is 2.58. The van der Waals surface area contributed by atoms with Gasteiger partial charge in [0.15, 0.2) is 5.13 Å². The first kappa shape index (κ1) is 12.8. The first-order chi connectivity index (χ1) is 7.89. The van der Waals surface area contributed by atoms with Gasteiger partial charge in [0.2, 0.25) is 0 Å². The molecule has 0 spiro atoms. The number of nitrogens with two attached hydrogens (primary N) is 1. The van der Waals surface area contributed by atoms with Crippen LogP contribution in [-0.2, 0) is 0 Å². The number of piperidine rings is 1. The minimum Gasteiger partial charge on any atom is -0.348 e. The average molecular weight is 253 g/mol. The molecule has 2 rings (SSSR count). The fourth-order valence-corrected chi connectivity index (χ4v) is 3.58. The molecular formula is C13H23N3S. The third-order valence-electron chi connectivity index (χ3n) is 3.41. The van der Waals surface area contributed by atoms with Crippen molar-refractivity contribution in [3.63, 3.8) is 0 Å². The molecule has 96 valence electrons. The lowest BCUT2D eigenvalue weighted by molar-refractivity contribution is 0.293. The van der Waals surface area contributed by atoms with E-state index in [4.69, 9.17) is 5.73 Å². The zero-order chi connectivity index (χ0) is 12.6. The summed E-state index contributed by atoms with van der Waals surface area (Å²) in [5, 5.41) is 1.16. The highest BCUT2D eigenvalue weighted by Gasteiger charge is 2.28. The van der Waals surface area contributed by atoms with Gasteiger partial charge in [-0.2, -0.15) is 0 Å². The van der Waals surface area contributed by atoms with Gasteiger partial charge in [0.25, 0.3) is 0 Å². The summed E-state index contributed by atoms with van der Waals surface area (Å²) in [5.74, 6) is 0. The van der Waals surface area contributed by atoms with Crippen LogP contribution in [0.15, 0.2) is 0 Å². The summed E-state index contributed by atoms with van der Waals surface area (Å²) in [6, 6.07) is 0.0963. The van der Waals surface area contributed by atoms with E-state index in [1.165, 1.54) is 17.7 Å². The predicted molar refractivity (Wildman–Crippen MR) is 74.7 cm³/mol. The van der Waals surface area contributed by atoms with Crippen molar-refractivity contribution in [3.8, 4) is 0 Å². The van der Waals surface area contributed by atoms with E-state index in [2.05, 4.69) is 30.7 Å². The molecule has 1 saturated heterocycles. The molecular weight excluding hydrogens is 230 g/mol. The monoisotopic (exact) mass is 253 g/mol. The molecule has 0 saturated carbocycles. The molecule has 0 aliphatic carbocycles. The van der Waals surface area contributed by atoms with Gasteiger partial charge in [0, 0.05) is 24.0 Å². The van der Waals surface area contributed by atoms with Crippen molar-refractivity contribution in [1.82, 2.24) is 4.98 Å². The maximum atomic E-state index is 5.96. The van der Waals surface area contributed by atoms with Gasteiger partial charge in [-0.1, -0.05) is 13.8 Å². The van der Waals surface area contributed by atoms with Crippen LogP contribution in [0, 0.1) is 12.3 Å². The van der Waals surface area contributed by atoms with Gasteiger partial charge in [-0.3, -0.25) is 0 Å². The van der Waals surface area contributed by atoms with E-state index < -0.39 is 0 Å². The van der Waals surface area contributed by atoms with Gasteiger partial charge in [0.1, 0.15) is 0 Å². The molecule has 3 nitrogen and oxygen atoms in total. The maximum absolute atomic E-state index is 5.96. The average Bonchev–Trinajstić information content (AvgIpc) is 2.59. The number of anilines is 1. The van der Waals surface area contributed by atoms with Crippen molar-refractivity contribution in [2.75, 3.05) is 18.0 Å². The van der Waals surface area contributed by atoms with Gasteiger partial charge in [-0.25, -0.2) is 4.98 Å². The molecule has 1 aliphatic rings. The molecule has 1 atom stereocenters. The fraction of sp³-hybridized carbons (Fsp3) is 0.769. The van der Waals surface area contributed by atoms with Crippen LogP contribution in [0.2, 0.25) is 0 Å². The van der Waals surface area contributed by atoms with E-state index in [-0.39, 0.29) is 6.04 Å². The number of hydrogen-bond acceptors (Lipinski definition) is 4. The standard InChI is InChI=1S/C13H23N3S/c1-9(14)11-10(2)15-12(17-11)16-7-5-6-13(3,4)8-16/h9H,5-8,14H2,1-4H3. The molecule has 4 heteroatoms. The Morgan fingerprint density at radius 3 is 2.71 bits per heavy atom. The summed E-state index contributed by atoms with van der Waals surface area (Å²) >= 11 is 1.76. The van der Waals surface area contributed by atoms with E-state index in [1.807, 2.05) is 6.92 Å². The first-order valence-corrected chi connectivity index (χ1v) is 7.18. The summed E-state index contributed by atoms with van der Waals surface area (Å²) in [5.41, 5.74) is 7.47. The lowest BCUT2D eigenvalue weighted by atomic mass is 9.84. The van der Waals surface area contributed by atoms with Gasteiger partial charge in [-0.05, 0) is 32.1 Å². The molecule has 1 unspecified atom stereocenters. The van der Waals surface area contributed by atoms with Crippen molar-refractivity contribution in [2.24, 2.45) is 11.1 Å². The number of hydrogen-bond donors (Lipinski definition) is 1. The number of rotatable bonds is 2. The van der Waals surface area contributed by atoms with Gasteiger partial charge in [-0.15, -0.1) is 11.3 Å². The summed E-state index contributed by atoms with van der Waals surface area (Å²) in [4.78, 5) is 8.33. The Morgan fingerprint density at radius 1 is 1.47 bits per heavy atom. The number of aryl methyl sites for hydroxylation is 1. The van der Waals surface area contributed by atoms with E-state index in [1.54, 1.807) is 11.3 Å². The Morgan fingerprint density at radius 2 is 2.18 bits per heavy atom. The Labute approximate surface area is 108 Å². The van der Waals surface area contributed by atoms with Crippen molar-refractivity contribution in [1.29, 1.82) is 0 Å². The SMILES string of the molecule is Cc1nc(N2CCCC(C)(C)C2)sc1C(C)N. The van der Waals surface area contributed by atoms with Crippen LogP contribution in [0.25, 0.3) is 0 Å². The van der Waals surface area contributed by atoms with E-state index in [9.17, 15) is 0 Å². The first-order valence-electron chi connectivity index (χ1n) is 6.37. The number of aromatic nitrogens is 1. The normalized spacial score (nSPS) is 21.6. The second-order valence-electron chi connectivity index (χ2n) is 5.92. The highest BCUT2D eigenvalue weighted by molar-refractivity contribution is 7.15. The lowest BCUT2D eigenvalue weighted by Gasteiger charge is -2.37. The maximum Gasteiger partial charge on any atom is 0.185 e. The van der Waals surface area contributed by atoms with Crippen molar-refractivity contribution in [3.05, 3.63) is 10.6 Å². The minimum absolute atomic E-state index is 0.0963. The molecule has 1 aliphatic heterocycles. The van der Waals surface area contributed by atoms with Crippen LogP contribution in [0.4, 0.5) is 5.13 Å². The third-order valence-corrected chi connectivity index (χ3v) is 4.82. The summed E-state index contributed by atoms with van der Waals surface area (Å²) < 4.78 is 0. The second kappa shape index (κ2) is 4.58. The topological polar surface area (TPSA) is 42.2 Å². The van der Waals surface area contributed by atoms with Gasteiger partial charge < -0.3 is 10.6 Å². The van der Waals surface area contributed by atoms with Gasteiger partial charge >= 0.3 is 0 Å². The van der Waals surface area contributed by atoms with Crippen LogP contribution in [-0.4, -0.2) is 18.1 Å².